The van der Waals surface area contributed by atoms with E-state index in [1.54, 1.807) is 25.1 Å². The number of nitrogens with zero attached hydrogens (tertiary/aromatic N) is 2. The molecule has 0 saturated carbocycles. The van der Waals surface area contributed by atoms with Crippen LogP contribution in [0.4, 0.5) is 4.79 Å². The van der Waals surface area contributed by atoms with E-state index in [1.165, 1.54) is 11.7 Å². The highest BCUT2D eigenvalue weighted by Gasteiger charge is 2.19. The molecule has 0 aliphatic carbocycles. The molecule has 0 aliphatic heterocycles. The number of rotatable bonds is 4. The first-order chi connectivity index (χ1) is 9.63. The van der Waals surface area contributed by atoms with Crippen molar-refractivity contribution in [1.82, 2.24) is 9.13 Å². The number of methoxy groups -OCH3 is 1. The zero-order chi connectivity index (χ0) is 14.7. The maximum Gasteiger partial charge on any atom is 0.422 e. The minimum Gasteiger partial charge on any atom is -0.497 e. The molecular formula is C13H15ClN2O4. The predicted octanol–water partition coefficient (Wildman–Crippen LogP) is 2.05. The molecule has 0 amide bonds. The van der Waals surface area contributed by atoms with Crippen LogP contribution in [0, 0.1) is 0 Å². The summed E-state index contributed by atoms with van der Waals surface area (Å²) in [5, 5.41) is 0. The Morgan fingerprint density at radius 2 is 2.10 bits per heavy atom. The molecule has 1 aromatic carbocycles. The lowest BCUT2D eigenvalue weighted by atomic mass is 10.3. The zero-order valence-corrected chi connectivity index (χ0v) is 12.0. The highest BCUT2D eigenvalue weighted by molar-refractivity contribution is 6.17. The number of carbonyl (C=O) groups excluding carboxylic acids is 1. The van der Waals surface area contributed by atoms with Crippen molar-refractivity contribution in [2.75, 3.05) is 19.6 Å². The molecule has 1 aromatic heterocycles. The van der Waals surface area contributed by atoms with Crippen molar-refractivity contribution in [3.05, 3.63) is 28.7 Å². The van der Waals surface area contributed by atoms with Gasteiger partial charge in [-0.2, -0.15) is 4.57 Å². The molecule has 7 heteroatoms. The van der Waals surface area contributed by atoms with Crippen LogP contribution >= 0.6 is 11.6 Å². The van der Waals surface area contributed by atoms with Crippen molar-refractivity contribution < 1.29 is 14.3 Å². The topological polar surface area (TPSA) is 62.5 Å². The van der Waals surface area contributed by atoms with Gasteiger partial charge in [0.15, 0.2) is 0 Å². The quantitative estimate of drug-likeness (QED) is 0.811. The molecule has 0 aliphatic rings. The van der Waals surface area contributed by atoms with Crippen LogP contribution in [0.3, 0.4) is 0 Å². The molecule has 0 unspecified atom stereocenters. The van der Waals surface area contributed by atoms with Gasteiger partial charge in [-0.3, -0.25) is 4.57 Å². The number of benzene rings is 1. The monoisotopic (exact) mass is 298 g/mol. The standard InChI is InChI=1S/C13H15ClN2O4/c1-3-20-13(18)16-10-5-4-9(19-2)8-11(10)15(7-6-14)12(16)17/h4-5,8H,3,6-7H2,1-2H3. The number of carbonyl (C=O) groups is 1. The third-order valence-electron chi connectivity index (χ3n) is 2.89. The maximum absolute atomic E-state index is 12.3. The first kappa shape index (κ1) is 14.5. The van der Waals surface area contributed by atoms with Gasteiger partial charge in [0.2, 0.25) is 0 Å². The molecule has 2 aromatic rings. The van der Waals surface area contributed by atoms with Gasteiger partial charge in [0.05, 0.1) is 24.8 Å². The van der Waals surface area contributed by atoms with E-state index in [0.717, 1.165) is 4.57 Å². The van der Waals surface area contributed by atoms with Crippen LogP contribution in [0.1, 0.15) is 6.92 Å². The molecule has 108 valence electrons. The Morgan fingerprint density at radius 1 is 1.35 bits per heavy atom. The summed E-state index contributed by atoms with van der Waals surface area (Å²) in [5.74, 6) is 0.862. The first-order valence-corrected chi connectivity index (χ1v) is 6.69. The average Bonchev–Trinajstić information content (AvgIpc) is 2.71. The van der Waals surface area contributed by atoms with Crippen molar-refractivity contribution in [3.63, 3.8) is 0 Å². The number of fused-ring (bicyclic) bond motifs is 1. The highest BCUT2D eigenvalue weighted by Crippen LogP contribution is 2.20. The van der Waals surface area contributed by atoms with Gasteiger partial charge in [-0.1, -0.05) is 0 Å². The predicted molar refractivity (Wildman–Crippen MR) is 75.9 cm³/mol. The molecule has 0 N–H and O–H groups in total. The van der Waals surface area contributed by atoms with E-state index in [1.807, 2.05) is 0 Å². The van der Waals surface area contributed by atoms with Crippen molar-refractivity contribution in [3.8, 4) is 5.75 Å². The summed E-state index contributed by atoms with van der Waals surface area (Å²) in [4.78, 5) is 24.2. The summed E-state index contributed by atoms with van der Waals surface area (Å²) in [5.41, 5.74) is 0.592. The third kappa shape index (κ3) is 2.38. The second-order valence-corrected chi connectivity index (χ2v) is 4.39. The normalized spacial score (nSPS) is 10.8. The highest BCUT2D eigenvalue weighted by atomic mass is 35.5. The van der Waals surface area contributed by atoms with Crippen molar-refractivity contribution in [1.29, 1.82) is 0 Å². The van der Waals surface area contributed by atoms with Gasteiger partial charge >= 0.3 is 11.8 Å². The second kappa shape index (κ2) is 6.00. The van der Waals surface area contributed by atoms with Gasteiger partial charge in [0, 0.05) is 18.5 Å². The second-order valence-electron chi connectivity index (χ2n) is 4.01. The molecular weight excluding hydrogens is 284 g/mol. The number of imidazole rings is 1. The summed E-state index contributed by atoms with van der Waals surface area (Å²) in [6.07, 6.45) is -0.694. The van der Waals surface area contributed by atoms with Crippen LogP contribution in [0.5, 0.6) is 5.75 Å². The summed E-state index contributed by atoms with van der Waals surface area (Å²) in [7, 11) is 1.54. The van der Waals surface area contributed by atoms with Gasteiger partial charge in [-0.15, -0.1) is 11.6 Å². The minimum absolute atomic E-state index is 0.198. The summed E-state index contributed by atoms with van der Waals surface area (Å²) in [6, 6.07) is 5.03. The smallest absolute Gasteiger partial charge is 0.422 e. The molecule has 6 nitrogen and oxygen atoms in total. The zero-order valence-electron chi connectivity index (χ0n) is 11.3. The molecule has 0 radical (unpaired) electrons. The van der Waals surface area contributed by atoms with E-state index in [0.29, 0.717) is 23.3 Å². The molecule has 0 spiro atoms. The Labute approximate surface area is 120 Å². The van der Waals surface area contributed by atoms with Gasteiger partial charge < -0.3 is 9.47 Å². The lowest BCUT2D eigenvalue weighted by Crippen LogP contribution is -2.30. The fourth-order valence-electron chi connectivity index (χ4n) is 2.03. The lowest BCUT2D eigenvalue weighted by Gasteiger charge is -2.03. The van der Waals surface area contributed by atoms with E-state index < -0.39 is 11.8 Å². The van der Waals surface area contributed by atoms with E-state index in [9.17, 15) is 9.59 Å². The first-order valence-electron chi connectivity index (χ1n) is 6.16. The summed E-state index contributed by atoms with van der Waals surface area (Å²) >= 11 is 5.72. The Hall–Kier alpha value is -1.95. The Morgan fingerprint density at radius 3 is 2.70 bits per heavy atom. The summed E-state index contributed by atoms with van der Waals surface area (Å²) < 4.78 is 12.5. The van der Waals surface area contributed by atoms with Crippen LogP contribution in [0.15, 0.2) is 23.0 Å². The fourth-order valence-corrected chi connectivity index (χ4v) is 2.20. The van der Waals surface area contributed by atoms with Gasteiger partial charge in [-0.05, 0) is 19.1 Å². The molecule has 0 atom stereocenters. The maximum atomic E-state index is 12.3. The van der Waals surface area contributed by atoms with Crippen molar-refractivity contribution >= 4 is 28.7 Å². The number of aryl methyl sites for hydroxylation is 1. The Balaban J connectivity index is 2.72. The number of aromatic nitrogens is 2. The van der Waals surface area contributed by atoms with Crippen LogP contribution in [0.2, 0.25) is 0 Å². The molecule has 1 heterocycles. The molecule has 0 bridgehead atoms. The van der Waals surface area contributed by atoms with Crippen molar-refractivity contribution in [2.24, 2.45) is 0 Å². The average molecular weight is 299 g/mol. The van der Waals surface area contributed by atoms with E-state index in [-0.39, 0.29) is 12.5 Å². The Kier molecular flexibility index (Phi) is 4.34. The Bertz CT molecular complexity index is 689. The van der Waals surface area contributed by atoms with Gasteiger partial charge in [0.1, 0.15) is 5.75 Å². The van der Waals surface area contributed by atoms with E-state index >= 15 is 0 Å². The molecule has 2 rings (SSSR count). The molecule has 0 saturated heterocycles. The van der Waals surface area contributed by atoms with Crippen LogP contribution in [0.25, 0.3) is 11.0 Å². The van der Waals surface area contributed by atoms with Crippen LogP contribution in [-0.4, -0.2) is 34.8 Å². The number of halogens is 1. The van der Waals surface area contributed by atoms with Gasteiger partial charge in [-0.25, -0.2) is 9.59 Å². The van der Waals surface area contributed by atoms with Crippen LogP contribution < -0.4 is 10.4 Å². The fraction of sp³-hybridized carbons (Fsp3) is 0.385. The number of alkyl halides is 1. The molecule has 20 heavy (non-hydrogen) atoms. The lowest BCUT2D eigenvalue weighted by molar-refractivity contribution is 0.154. The third-order valence-corrected chi connectivity index (χ3v) is 3.06. The minimum atomic E-state index is -0.694. The van der Waals surface area contributed by atoms with E-state index in [4.69, 9.17) is 21.1 Å². The number of ether oxygens (including phenoxy) is 2. The van der Waals surface area contributed by atoms with Crippen molar-refractivity contribution in [2.45, 2.75) is 13.5 Å². The number of hydrogen-bond acceptors (Lipinski definition) is 4. The van der Waals surface area contributed by atoms with Crippen LogP contribution in [-0.2, 0) is 11.3 Å². The largest absolute Gasteiger partial charge is 0.497 e. The summed E-state index contributed by atoms with van der Waals surface area (Å²) in [6.45, 7) is 2.18. The molecule has 0 fully saturated rings. The number of hydrogen-bond donors (Lipinski definition) is 0. The SMILES string of the molecule is CCOC(=O)n1c(=O)n(CCCl)c2cc(OC)ccc21. The van der Waals surface area contributed by atoms with E-state index in [2.05, 4.69) is 0 Å². The van der Waals surface area contributed by atoms with Gasteiger partial charge in [0.25, 0.3) is 0 Å².